The van der Waals surface area contributed by atoms with Crippen LogP contribution in [0.2, 0.25) is 0 Å². The number of nitrogens with one attached hydrogen (secondary N) is 1. The van der Waals surface area contributed by atoms with Gasteiger partial charge in [-0.25, -0.2) is 4.79 Å². The zero-order chi connectivity index (χ0) is 15.6. The molecular weight excluding hydrogens is 268 g/mol. The average molecular weight is 288 g/mol. The Bertz CT molecular complexity index is 618. The first-order valence-electron chi connectivity index (χ1n) is 6.98. The van der Waals surface area contributed by atoms with Crippen molar-refractivity contribution in [1.29, 1.82) is 0 Å². The summed E-state index contributed by atoms with van der Waals surface area (Å²) < 4.78 is 5.31. The summed E-state index contributed by atoms with van der Waals surface area (Å²) in [6, 6.07) is 5.65. The van der Waals surface area contributed by atoms with Crippen molar-refractivity contribution < 1.29 is 14.3 Å². The van der Waals surface area contributed by atoms with Gasteiger partial charge in [0.1, 0.15) is 5.60 Å². The summed E-state index contributed by atoms with van der Waals surface area (Å²) in [6.45, 7) is 5.72. The van der Waals surface area contributed by atoms with Crippen molar-refractivity contribution >= 4 is 23.3 Å². The lowest BCUT2D eigenvalue weighted by atomic mass is 9.90. The number of benzene rings is 1. The Morgan fingerprint density at radius 1 is 1.43 bits per heavy atom. The molecule has 0 atom stereocenters. The predicted molar refractivity (Wildman–Crippen MR) is 81.7 cm³/mol. The highest BCUT2D eigenvalue weighted by Gasteiger charge is 2.33. The van der Waals surface area contributed by atoms with Crippen molar-refractivity contribution in [3.63, 3.8) is 0 Å². The van der Waals surface area contributed by atoms with Crippen LogP contribution in [0.3, 0.4) is 0 Å². The molecule has 1 aromatic rings. The SMILES string of the molecule is CCC/C(=C/C(N)=O)c1ccc2c(c1)C(C)(C)OC(=O)N2. The molecule has 0 radical (unpaired) electrons. The zero-order valence-corrected chi connectivity index (χ0v) is 12.5. The number of amides is 2. The second-order valence-electron chi connectivity index (χ2n) is 5.61. The van der Waals surface area contributed by atoms with Crippen LogP contribution in [-0.4, -0.2) is 12.0 Å². The van der Waals surface area contributed by atoms with Crippen LogP contribution < -0.4 is 11.1 Å². The number of anilines is 1. The first-order chi connectivity index (χ1) is 9.83. The van der Waals surface area contributed by atoms with E-state index in [2.05, 4.69) is 5.32 Å². The molecule has 5 heteroatoms. The molecule has 1 heterocycles. The number of primary amides is 1. The second-order valence-corrected chi connectivity index (χ2v) is 5.61. The van der Waals surface area contributed by atoms with Crippen LogP contribution in [0.25, 0.3) is 5.57 Å². The summed E-state index contributed by atoms with van der Waals surface area (Å²) in [4.78, 5) is 22.7. The number of allylic oxidation sites excluding steroid dienone is 1. The molecule has 0 aromatic heterocycles. The van der Waals surface area contributed by atoms with Crippen LogP contribution in [0.5, 0.6) is 0 Å². The van der Waals surface area contributed by atoms with Gasteiger partial charge in [0.05, 0.1) is 5.69 Å². The molecule has 0 saturated heterocycles. The van der Waals surface area contributed by atoms with Crippen LogP contribution >= 0.6 is 0 Å². The standard InChI is InChI=1S/C16H20N2O3/c1-4-5-10(9-14(17)19)11-6-7-13-12(8-11)16(2,3)21-15(20)18-13/h6-9H,4-5H2,1-3H3,(H2,17,19)(H,18,20)/b10-9-. The number of rotatable bonds is 4. The van der Waals surface area contributed by atoms with Crippen molar-refractivity contribution in [3.05, 3.63) is 35.4 Å². The highest BCUT2D eigenvalue weighted by molar-refractivity contribution is 5.95. The maximum absolute atomic E-state index is 11.5. The Labute approximate surface area is 124 Å². The summed E-state index contributed by atoms with van der Waals surface area (Å²) in [6.07, 6.45) is 2.67. The zero-order valence-electron chi connectivity index (χ0n) is 12.5. The molecule has 0 bridgehead atoms. The third-order valence-electron chi connectivity index (χ3n) is 3.46. The average Bonchev–Trinajstić information content (AvgIpc) is 2.36. The Morgan fingerprint density at radius 3 is 2.76 bits per heavy atom. The molecule has 112 valence electrons. The van der Waals surface area contributed by atoms with Crippen LogP contribution in [-0.2, 0) is 15.1 Å². The number of ether oxygens (including phenoxy) is 1. The van der Waals surface area contributed by atoms with Gasteiger partial charge in [0.15, 0.2) is 0 Å². The molecule has 3 N–H and O–H groups in total. The van der Waals surface area contributed by atoms with Crippen LogP contribution in [0.15, 0.2) is 24.3 Å². The van der Waals surface area contributed by atoms with Gasteiger partial charge in [0, 0.05) is 11.6 Å². The Morgan fingerprint density at radius 2 is 2.14 bits per heavy atom. The van der Waals surface area contributed by atoms with E-state index >= 15 is 0 Å². The Balaban J connectivity index is 2.49. The number of carbonyl (C=O) groups is 2. The quantitative estimate of drug-likeness (QED) is 0.835. The first-order valence-corrected chi connectivity index (χ1v) is 6.98. The molecule has 1 aromatic carbocycles. The predicted octanol–water partition coefficient (Wildman–Crippen LogP) is 3.15. The Kier molecular flexibility index (Phi) is 4.02. The van der Waals surface area contributed by atoms with E-state index in [1.807, 2.05) is 39.0 Å². The van der Waals surface area contributed by atoms with Crippen molar-refractivity contribution in [2.24, 2.45) is 5.73 Å². The number of carbonyl (C=O) groups excluding carboxylic acids is 2. The van der Waals surface area contributed by atoms with E-state index in [0.29, 0.717) is 0 Å². The molecule has 2 rings (SSSR count). The van der Waals surface area contributed by atoms with Gasteiger partial charge >= 0.3 is 6.09 Å². The highest BCUT2D eigenvalue weighted by atomic mass is 16.6. The van der Waals surface area contributed by atoms with Gasteiger partial charge in [-0.05, 0) is 43.5 Å². The lowest BCUT2D eigenvalue weighted by Gasteiger charge is -2.33. The number of hydrogen-bond acceptors (Lipinski definition) is 3. The van der Waals surface area contributed by atoms with Gasteiger partial charge in [-0.15, -0.1) is 0 Å². The lowest BCUT2D eigenvalue weighted by molar-refractivity contribution is -0.113. The molecule has 5 nitrogen and oxygen atoms in total. The Hall–Kier alpha value is -2.30. The van der Waals surface area contributed by atoms with Crippen LogP contribution in [0.4, 0.5) is 10.5 Å². The lowest BCUT2D eigenvalue weighted by Crippen LogP contribution is -2.34. The minimum Gasteiger partial charge on any atom is -0.438 e. The maximum atomic E-state index is 11.5. The monoisotopic (exact) mass is 288 g/mol. The number of fused-ring (bicyclic) bond motifs is 1. The third-order valence-corrected chi connectivity index (χ3v) is 3.46. The molecule has 0 saturated carbocycles. The number of hydrogen-bond donors (Lipinski definition) is 2. The van der Waals surface area contributed by atoms with Crippen molar-refractivity contribution in [2.75, 3.05) is 5.32 Å². The highest BCUT2D eigenvalue weighted by Crippen LogP contribution is 2.37. The topological polar surface area (TPSA) is 81.4 Å². The largest absolute Gasteiger partial charge is 0.438 e. The van der Waals surface area contributed by atoms with E-state index in [1.54, 1.807) is 0 Å². The molecule has 0 spiro atoms. The summed E-state index contributed by atoms with van der Waals surface area (Å²) in [7, 11) is 0. The minimum atomic E-state index is -0.711. The first kappa shape index (κ1) is 15.1. The van der Waals surface area contributed by atoms with E-state index in [9.17, 15) is 9.59 Å². The number of nitrogens with two attached hydrogens (primary N) is 1. The molecule has 2 amide bonds. The van der Waals surface area contributed by atoms with Gasteiger partial charge in [0.25, 0.3) is 0 Å². The molecule has 0 fully saturated rings. The number of cyclic esters (lactones) is 1. The fourth-order valence-corrected chi connectivity index (χ4v) is 2.51. The molecule has 1 aliphatic rings. The van der Waals surface area contributed by atoms with E-state index in [4.69, 9.17) is 10.5 Å². The smallest absolute Gasteiger partial charge is 0.412 e. The van der Waals surface area contributed by atoms with E-state index in [-0.39, 0.29) is 0 Å². The molecule has 0 unspecified atom stereocenters. The molecule has 21 heavy (non-hydrogen) atoms. The van der Waals surface area contributed by atoms with Gasteiger partial charge in [0.2, 0.25) is 5.91 Å². The molecule has 1 aliphatic heterocycles. The van der Waals surface area contributed by atoms with Crippen LogP contribution in [0.1, 0.15) is 44.7 Å². The fourth-order valence-electron chi connectivity index (χ4n) is 2.51. The van der Waals surface area contributed by atoms with Crippen LogP contribution in [0, 0.1) is 0 Å². The van der Waals surface area contributed by atoms with E-state index in [0.717, 1.165) is 35.2 Å². The summed E-state index contributed by atoms with van der Waals surface area (Å²) in [5, 5.41) is 2.68. The van der Waals surface area contributed by atoms with E-state index in [1.165, 1.54) is 6.08 Å². The summed E-state index contributed by atoms with van der Waals surface area (Å²) in [5.41, 5.74) is 7.98. The van der Waals surface area contributed by atoms with Crippen molar-refractivity contribution in [3.8, 4) is 0 Å². The second kappa shape index (κ2) is 5.60. The van der Waals surface area contributed by atoms with Gasteiger partial charge < -0.3 is 10.5 Å². The summed E-state index contributed by atoms with van der Waals surface area (Å²) in [5.74, 6) is -0.458. The summed E-state index contributed by atoms with van der Waals surface area (Å²) >= 11 is 0. The van der Waals surface area contributed by atoms with Gasteiger partial charge in [-0.1, -0.05) is 19.4 Å². The van der Waals surface area contributed by atoms with E-state index < -0.39 is 17.6 Å². The normalized spacial score (nSPS) is 16.7. The van der Waals surface area contributed by atoms with Crippen molar-refractivity contribution in [1.82, 2.24) is 0 Å². The van der Waals surface area contributed by atoms with Crippen molar-refractivity contribution in [2.45, 2.75) is 39.2 Å². The van der Waals surface area contributed by atoms with Gasteiger partial charge in [-0.3, -0.25) is 10.1 Å². The third kappa shape index (κ3) is 3.24. The minimum absolute atomic E-state index is 0.457. The molecule has 0 aliphatic carbocycles. The molecular formula is C16H20N2O3. The maximum Gasteiger partial charge on any atom is 0.412 e. The fraction of sp³-hybridized carbons (Fsp3) is 0.375. The van der Waals surface area contributed by atoms with Gasteiger partial charge in [-0.2, -0.15) is 0 Å².